The average Bonchev–Trinajstić information content (AvgIpc) is 3.15. The first-order chi connectivity index (χ1) is 16.0. The van der Waals surface area contributed by atoms with Gasteiger partial charge in [0.1, 0.15) is 17.2 Å². The largest absolute Gasteiger partial charge is 0.493 e. The Labute approximate surface area is 201 Å². The van der Waals surface area contributed by atoms with Gasteiger partial charge in [-0.2, -0.15) is 0 Å². The minimum Gasteiger partial charge on any atom is -0.493 e. The van der Waals surface area contributed by atoms with E-state index in [2.05, 4.69) is 68.3 Å². The molecule has 0 aliphatic carbocycles. The molecule has 6 heteroatoms. The number of rotatable bonds is 11. The Bertz CT molecular complexity index is 1060. The van der Waals surface area contributed by atoms with E-state index < -0.39 is 0 Å². The van der Waals surface area contributed by atoms with Crippen molar-refractivity contribution < 1.29 is 14.2 Å². The average molecular weight is 467 g/mol. The Kier molecular flexibility index (Phi) is 8.04. The summed E-state index contributed by atoms with van der Waals surface area (Å²) in [5.41, 5.74) is 3.43. The molecule has 1 aromatic heterocycles. The zero-order valence-electron chi connectivity index (χ0n) is 20.1. The summed E-state index contributed by atoms with van der Waals surface area (Å²) in [7, 11) is 8.34. The van der Waals surface area contributed by atoms with Gasteiger partial charge in [-0.15, -0.1) is 11.3 Å². The normalized spacial score (nSPS) is 12.2. The van der Waals surface area contributed by atoms with Crippen LogP contribution in [0.4, 0.5) is 0 Å². The highest BCUT2D eigenvalue weighted by molar-refractivity contribution is 7.16. The summed E-state index contributed by atoms with van der Waals surface area (Å²) in [6.45, 7) is 4.14. The monoisotopic (exact) mass is 466 g/mol. The first-order valence-corrected chi connectivity index (χ1v) is 12.4. The molecule has 0 saturated carbocycles. The van der Waals surface area contributed by atoms with Gasteiger partial charge in [-0.1, -0.05) is 18.2 Å². The molecule has 0 amide bonds. The molecule has 0 spiro atoms. The fourth-order valence-electron chi connectivity index (χ4n) is 3.90. The second-order valence-electron chi connectivity index (χ2n) is 8.93. The predicted molar refractivity (Wildman–Crippen MR) is 137 cm³/mol. The van der Waals surface area contributed by atoms with Crippen molar-refractivity contribution in [1.82, 2.24) is 9.80 Å². The van der Waals surface area contributed by atoms with Gasteiger partial charge in [-0.3, -0.25) is 0 Å². The van der Waals surface area contributed by atoms with Crippen LogP contribution in [-0.2, 0) is 11.3 Å². The second kappa shape index (κ2) is 11.2. The van der Waals surface area contributed by atoms with Crippen LogP contribution in [0.5, 0.6) is 17.2 Å². The minimum atomic E-state index is 0.635. The minimum absolute atomic E-state index is 0.635. The number of nitrogens with zero attached hydrogens (tertiary/aromatic N) is 2. The lowest BCUT2D eigenvalue weighted by Crippen LogP contribution is -2.15. The number of ether oxygens (including phenoxy) is 3. The number of fused-ring (bicyclic) bond motifs is 5. The molecule has 0 N–H and O–H groups in total. The Morgan fingerprint density at radius 2 is 1.55 bits per heavy atom. The molecule has 0 radical (unpaired) electrons. The van der Waals surface area contributed by atoms with Crippen molar-refractivity contribution in [1.29, 1.82) is 0 Å². The molecule has 1 aliphatic rings. The molecule has 33 heavy (non-hydrogen) atoms. The SMILES string of the molecule is CN(C)CCCOCc1cc2c(s1)-c1ccc(OCCCN(C)C)cc1Oc1ccccc1-2. The number of para-hydroxylation sites is 1. The molecule has 0 atom stereocenters. The van der Waals surface area contributed by atoms with Gasteiger partial charge in [0.25, 0.3) is 0 Å². The van der Waals surface area contributed by atoms with Crippen LogP contribution < -0.4 is 9.47 Å². The Morgan fingerprint density at radius 1 is 0.788 bits per heavy atom. The molecule has 0 bridgehead atoms. The summed E-state index contributed by atoms with van der Waals surface area (Å²) in [5.74, 6) is 2.56. The van der Waals surface area contributed by atoms with E-state index in [0.29, 0.717) is 13.2 Å². The highest BCUT2D eigenvalue weighted by Gasteiger charge is 2.23. The van der Waals surface area contributed by atoms with Crippen molar-refractivity contribution in [3.63, 3.8) is 0 Å². The maximum atomic E-state index is 6.39. The first-order valence-electron chi connectivity index (χ1n) is 11.6. The zero-order chi connectivity index (χ0) is 23.2. The molecule has 0 saturated heterocycles. The second-order valence-corrected chi connectivity index (χ2v) is 10.1. The third-order valence-corrected chi connectivity index (χ3v) is 6.68. The molecule has 2 aromatic carbocycles. The summed E-state index contributed by atoms with van der Waals surface area (Å²) >= 11 is 1.79. The van der Waals surface area contributed by atoms with Crippen LogP contribution in [0.25, 0.3) is 21.6 Å². The van der Waals surface area contributed by atoms with Crippen molar-refractivity contribution in [3.8, 4) is 38.8 Å². The van der Waals surface area contributed by atoms with E-state index in [1.807, 2.05) is 18.2 Å². The van der Waals surface area contributed by atoms with Gasteiger partial charge in [0, 0.05) is 45.7 Å². The van der Waals surface area contributed by atoms with E-state index in [-0.39, 0.29) is 0 Å². The molecule has 3 aromatic rings. The first kappa shape index (κ1) is 23.8. The third-order valence-electron chi connectivity index (χ3n) is 5.53. The number of hydrogen-bond donors (Lipinski definition) is 0. The highest BCUT2D eigenvalue weighted by atomic mass is 32.1. The van der Waals surface area contributed by atoms with E-state index in [4.69, 9.17) is 14.2 Å². The van der Waals surface area contributed by atoms with Gasteiger partial charge in [0.05, 0.1) is 13.2 Å². The number of benzene rings is 2. The van der Waals surface area contributed by atoms with Gasteiger partial charge >= 0.3 is 0 Å². The fourth-order valence-corrected chi connectivity index (χ4v) is 5.04. The summed E-state index contributed by atoms with van der Waals surface area (Å²) in [4.78, 5) is 6.81. The van der Waals surface area contributed by atoms with Crippen LogP contribution in [0.15, 0.2) is 48.5 Å². The van der Waals surface area contributed by atoms with Crippen LogP contribution in [0.3, 0.4) is 0 Å². The zero-order valence-corrected chi connectivity index (χ0v) is 20.9. The molecule has 2 heterocycles. The van der Waals surface area contributed by atoms with Crippen LogP contribution in [0, 0.1) is 0 Å². The van der Waals surface area contributed by atoms with Gasteiger partial charge in [-0.05, 0) is 71.8 Å². The van der Waals surface area contributed by atoms with Gasteiger partial charge in [-0.25, -0.2) is 0 Å². The summed E-state index contributed by atoms with van der Waals surface area (Å²) in [5, 5.41) is 0. The van der Waals surface area contributed by atoms with E-state index >= 15 is 0 Å². The Balaban J connectivity index is 1.55. The van der Waals surface area contributed by atoms with Crippen LogP contribution in [-0.4, -0.2) is 64.3 Å². The lowest BCUT2D eigenvalue weighted by atomic mass is 10.0. The maximum Gasteiger partial charge on any atom is 0.139 e. The molecule has 1 aliphatic heterocycles. The smallest absolute Gasteiger partial charge is 0.139 e. The lowest BCUT2D eigenvalue weighted by molar-refractivity contribution is 0.115. The molecule has 176 valence electrons. The Morgan fingerprint density at radius 3 is 2.33 bits per heavy atom. The maximum absolute atomic E-state index is 6.39. The van der Waals surface area contributed by atoms with Crippen molar-refractivity contribution in [2.75, 3.05) is 54.5 Å². The van der Waals surface area contributed by atoms with Gasteiger partial charge < -0.3 is 24.0 Å². The predicted octanol–water partition coefficient (Wildman–Crippen LogP) is 5.99. The molecule has 4 rings (SSSR count). The van der Waals surface area contributed by atoms with E-state index in [1.165, 1.54) is 15.3 Å². The fraction of sp³-hybridized carbons (Fsp3) is 0.407. The summed E-state index contributed by atoms with van der Waals surface area (Å²) in [6, 6.07) is 16.7. The Hall–Kier alpha value is -2.38. The van der Waals surface area contributed by atoms with Gasteiger partial charge in [0.2, 0.25) is 0 Å². The quantitative estimate of drug-likeness (QED) is 0.254. The molecule has 5 nitrogen and oxygen atoms in total. The van der Waals surface area contributed by atoms with E-state index in [9.17, 15) is 0 Å². The van der Waals surface area contributed by atoms with Crippen LogP contribution in [0.1, 0.15) is 17.7 Å². The number of thiophene rings is 1. The van der Waals surface area contributed by atoms with Crippen molar-refractivity contribution in [2.45, 2.75) is 19.4 Å². The van der Waals surface area contributed by atoms with Crippen LogP contribution >= 0.6 is 11.3 Å². The lowest BCUT2D eigenvalue weighted by Gasteiger charge is -2.13. The van der Waals surface area contributed by atoms with E-state index in [1.54, 1.807) is 11.3 Å². The number of hydrogen-bond acceptors (Lipinski definition) is 6. The highest BCUT2D eigenvalue weighted by Crippen LogP contribution is 2.50. The summed E-state index contributed by atoms with van der Waals surface area (Å²) in [6.07, 6.45) is 2.02. The van der Waals surface area contributed by atoms with Gasteiger partial charge in [0.15, 0.2) is 0 Å². The van der Waals surface area contributed by atoms with Crippen molar-refractivity contribution >= 4 is 11.3 Å². The molecule has 0 unspecified atom stereocenters. The topological polar surface area (TPSA) is 34.2 Å². The molecular weight excluding hydrogens is 432 g/mol. The third kappa shape index (κ3) is 6.15. The molecule has 0 fully saturated rings. The standard InChI is InChI=1S/C27H34N2O3S/c1-28(2)13-7-15-30-19-21-18-24-22-9-5-6-10-25(22)32-26-17-20(31-16-8-14-29(3)4)11-12-23(26)27(24)33-21/h5-6,9-12,17-18H,7-8,13-16,19H2,1-4H3. The van der Waals surface area contributed by atoms with Crippen LogP contribution in [0.2, 0.25) is 0 Å². The molecular formula is C27H34N2O3S. The van der Waals surface area contributed by atoms with Crippen molar-refractivity contribution in [2.24, 2.45) is 0 Å². The van der Waals surface area contributed by atoms with E-state index in [0.717, 1.165) is 60.9 Å². The van der Waals surface area contributed by atoms with Crippen molar-refractivity contribution in [3.05, 3.63) is 53.4 Å². The summed E-state index contributed by atoms with van der Waals surface area (Å²) < 4.78 is 18.4.